The number of carbonyl (C=O) groups is 4. The van der Waals surface area contributed by atoms with Crippen LogP contribution in [0.4, 0.5) is 0 Å². The lowest BCUT2D eigenvalue weighted by molar-refractivity contribution is -0.186. The summed E-state index contributed by atoms with van der Waals surface area (Å²) in [5, 5.41) is 57.8. The molecule has 0 aromatic heterocycles. The average Bonchev–Trinajstić information content (AvgIpc) is 2.79. The number of rotatable bonds is 3. The van der Waals surface area contributed by atoms with Crippen LogP contribution in [0, 0.1) is 17.8 Å². The van der Waals surface area contributed by atoms with Gasteiger partial charge >= 0.3 is 0 Å². The molecule has 2 unspecified atom stereocenters. The van der Waals surface area contributed by atoms with Gasteiger partial charge in [0, 0.05) is 29.0 Å². The van der Waals surface area contributed by atoms with Crippen molar-refractivity contribution in [3.05, 3.63) is 40.5 Å². The van der Waals surface area contributed by atoms with Gasteiger partial charge in [0.15, 0.2) is 11.4 Å². The highest BCUT2D eigenvalue weighted by molar-refractivity contribution is 6.25. The summed E-state index contributed by atoms with van der Waals surface area (Å²) in [5.74, 6) is -10.6. The molecule has 38 heavy (non-hydrogen) atoms. The summed E-state index contributed by atoms with van der Waals surface area (Å²) in [6.45, 7) is 7.08. The van der Waals surface area contributed by atoms with E-state index in [1.54, 1.807) is 6.92 Å². The fraction of sp³-hybridized carbons (Fsp3) is 0.481. The molecule has 0 heterocycles. The third-order valence-electron chi connectivity index (χ3n) is 7.74. The maximum Gasteiger partial charge on any atom is 0.244 e. The lowest BCUT2D eigenvalue weighted by Gasteiger charge is -2.52. The summed E-state index contributed by atoms with van der Waals surface area (Å²) in [6.07, 6.45) is -0.933. The van der Waals surface area contributed by atoms with Crippen molar-refractivity contribution in [1.29, 1.82) is 0 Å². The number of nitrogens with one attached hydrogen (secondary N) is 1. The van der Waals surface area contributed by atoms with Crippen molar-refractivity contribution >= 4 is 35.2 Å². The van der Waals surface area contributed by atoms with Crippen LogP contribution in [0.3, 0.4) is 0 Å². The summed E-state index contributed by atoms with van der Waals surface area (Å²) in [7, 11) is 0. The van der Waals surface area contributed by atoms with E-state index < -0.39 is 88.0 Å². The minimum absolute atomic E-state index is 0.139. The quantitative estimate of drug-likeness (QED) is 0.209. The number of phenolic OH excluding ortho intramolecular Hbond substituents is 1. The van der Waals surface area contributed by atoms with Gasteiger partial charge in [0.2, 0.25) is 17.6 Å². The Balaban J connectivity index is 1.87. The molecule has 0 radical (unpaired) electrons. The van der Waals surface area contributed by atoms with Crippen LogP contribution >= 0.6 is 0 Å². The molecule has 0 saturated heterocycles. The van der Waals surface area contributed by atoms with E-state index in [0.29, 0.717) is 11.1 Å². The first-order valence-electron chi connectivity index (χ1n) is 12.3. The van der Waals surface area contributed by atoms with Crippen molar-refractivity contribution in [2.24, 2.45) is 23.5 Å². The minimum atomic E-state index is -2.91. The predicted molar refractivity (Wildman–Crippen MR) is 134 cm³/mol. The monoisotopic (exact) mass is 528 g/mol. The third kappa shape index (κ3) is 4.01. The lowest BCUT2D eigenvalue weighted by atomic mass is 9.53. The largest absolute Gasteiger partial charge is 0.507 e. The molecular weight excluding hydrogens is 496 g/mol. The summed E-state index contributed by atoms with van der Waals surface area (Å²) < 4.78 is 0. The number of primary amides is 1. The van der Waals surface area contributed by atoms with Gasteiger partial charge in [-0.3, -0.25) is 19.2 Å². The Morgan fingerprint density at radius 3 is 2.37 bits per heavy atom. The molecule has 204 valence electrons. The fourth-order valence-corrected chi connectivity index (χ4v) is 6.14. The Kier molecular flexibility index (Phi) is 6.54. The van der Waals surface area contributed by atoms with E-state index in [4.69, 9.17) is 5.73 Å². The van der Waals surface area contributed by atoms with Crippen LogP contribution in [0.5, 0.6) is 5.75 Å². The van der Waals surface area contributed by atoms with Gasteiger partial charge in [-0.2, -0.15) is 0 Å². The van der Waals surface area contributed by atoms with Gasteiger partial charge in [0.1, 0.15) is 17.4 Å². The Bertz CT molecular complexity index is 1310. The standard InChI is InChI=1S/C27H32N2O9/c1-10-16-11(6-8-15(32)29-26(2,3)4)5-7-13(30)18(16)22(34)20-17(10)21(33)12-9-14(31)19(25(28)37)23(35)27(12,38)24(20)36/h5-8,10,12,14,17,19,21,30-31,33-34,38H,9H2,1-4H3,(H2,28,37)(H,29,32)/b8-6+/t10-,12+,14?,17+,19?,21+,27+/m0/s1. The highest BCUT2D eigenvalue weighted by Gasteiger charge is 2.67. The second-order valence-corrected chi connectivity index (χ2v) is 11.4. The molecule has 11 heteroatoms. The molecule has 3 aliphatic carbocycles. The predicted octanol–water partition coefficient (Wildman–Crippen LogP) is 0.0486. The Morgan fingerprint density at radius 1 is 1.16 bits per heavy atom. The third-order valence-corrected chi connectivity index (χ3v) is 7.74. The number of nitrogens with two attached hydrogens (primary N) is 1. The number of aliphatic hydroxyl groups is 4. The molecule has 8 N–H and O–H groups in total. The fourth-order valence-electron chi connectivity index (χ4n) is 6.14. The summed E-state index contributed by atoms with van der Waals surface area (Å²) in [4.78, 5) is 51.0. The average molecular weight is 529 g/mol. The van der Waals surface area contributed by atoms with E-state index in [0.717, 1.165) is 0 Å². The van der Waals surface area contributed by atoms with Gasteiger partial charge in [0.05, 0.1) is 17.8 Å². The van der Waals surface area contributed by atoms with Gasteiger partial charge < -0.3 is 36.6 Å². The number of carbonyl (C=O) groups excluding carboxylic acids is 4. The van der Waals surface area contributed by atoms with Gasteiger partial charge in [0.25, 0.3) is 0 Å². The molecule has 1 aromatic rings. The van der Waals surface area contributed by atoms with E-state index in [1.165, 1.54) is 24.3 Å². The van der Waals surface area contributed by atoms with Crippen molar-refractivity contribution in [2.75, 3.05) is 0 Å². The molecule has 2 saturated carbocycles. The number of aliphatic hydroxyl groups excluding tert-OH is 3. The van der Waals surface area contributed by atoms with Crippen LogP contribution < -0.4 is 11.1 Å². The molecule has 0 aliphatic heterocycles. The smallest absolute Gasteiger partial charge is 0.244 e. The molecule has 7 atom stereocenters. The van der Waals surface area contributed by atoms with Crippen LogP contribution in [0.2, 0.25) is 0 Å². The Morgan fingerprint density at radius 2 is 1.79 bits per heavy atom. The number of ketones is 2. The second-order valence-electron chi connectivity index (χ2n) is 11.4. The van der Waals surface area contributed by atoms with Gasteiger partial charge in [-0.05, 0) is 56.4 Å². The molecule has 11 nitrogen and oxygen atoms in total. The maximum atomic E-state index is 13.7. The topological polar surface area (TPSA) is 207 Å². The lowest BCUT2D eigenvalue weighted by Crippen LogP contribution is -2.70. The van der Waals surface area contributed by atoms with Crippen LogP contribution in [0.15, 0.2) is 23.8 Å². The van der Waals surface area contributed by atoms with Gasteiger partial charge in [-0.1, -0.05) is 13.0 Å². The van der Waals surface area contributed by atoms with Crippen molar-refractivity contribution in [3.63, 3.8) is 0 Å². The Hall–Kier alpha value is -3.54. The highest BCUT2D eigenvalue weighted by atomic mass is 16.3. The second kappa shape index (κ2) is 9.04. The van der Waals surface area contributed by atoms with Crippen LogP contribution in [-0.2, 0) is 19.2 Å². The first-order valence-corrected chi connectivity index (χ1v) is 12.3. The number of aromatic hydroxyl groups is 1. The van der Waals surface area contributed by atoms with E-state index in [2.05, 4.69) is 5.32 Å². The zero-order chi connectivity index (χ0) is 28.5. The molecule has 2 amide bonds. The van der Waals surface area contributed by atoms with Crippen LogP contribution in [-0.4, -0.2) is 72.3 Å². The Labute approximate surface area is 218 Å². The van der Waals surface area contributed by atoms with Crippen LogP contribution in [0.1, 0.15) is 56.7 Å². The molecule has 0 bridgehead atoms. The number of benzene rings is 1. The normalized spacial score (nSPS) is 33.0. The summed E-state index contributed by atoms with van der Waals surface area (Å²) >= 11 is 0. The number of fused-ring (bicyclic) bond motifs is 3. The van der Waals surface area contributed by atoms with E-state index in [-0.39, 0.29) is 11.5 Å². The van der Waals surface area contributed by atoms with E-state index >= 15 is 0 Å². The van der Waals surface area contributed by atoms with Crippen molar-refractivity contribution < 1.29 is 44.7 Å². The van der Waals surface area contributed by atoms with Gasteiger partial charge in [-0.15, -0.1) is 0 Å². The number of Topliss-reactive ketones (excluding diaryl/α,β-unsaturated/α-hetero) is 2. The zero-order valence-electron chi connectivity index (χ0n) is 21.4. The van der Waals surface area contributed by atoms with Crippen molar-refractivity contribution in [2.45, 2.75) is 63.4 Å². The molecule has 4 rings (SSSR count). The first-order chi connectivity index (χ1) is 17.5. The zero-order valence-corrected chi connectivity index (χ0v) is 21.4. The molecule has 3 aliphatic rings. The summed E-state index contributed by atoms with van der Waals surface area (Å²) in [6, 6.07) is 2.78. The number of amides is 2. The van der Waals surface area contributed by atoms with E-state index in [1.807, 2.05) is 20.8 Å². The number of phenols is 1. The minimum Gasteiger partial charge on any atom is -0.507 e. The van der Waals surface area contributed by atoms with Crippen molar-refractivity contribution in [1.82, 2.24) is 5.32 Å². The molecule has 0 spiro atoms. The first kappa shape index (κ1) is 27.5. The van der Waals surface area contributed by atoms with Crippen LogP contribution in [0.25, 0.3) is 11.8 Å². The maximum absolute atomic E-state index is 13.7. The molecular formula is C27H32N2O9. The molecule has 2 fully saturated rings. The summed E-state index contributed by atoms with van der Waals surface area (Å²) in [5.41, 5.74) is 2.00. The SMILES string of the molecule is C[C@H]1c2c(/C=C/C(=O)NC(C)(C)C)ccc(O)c2C(O)=C2C(=O)[C@]3(O)C(=O)C(C(N)=O)C(O)C[C@@H]3[C@@H](O)[C@@H]21. The highest BCUT2D eigenvalue weighted by Crippen LogP contribution is 2.55. The van der Waals surface area contributed by atoms with Crippen molar-refractivity contribution in [3.8, 4) is 5.75 Å². The van der Waals surface area contributed by atoms with E-state index in [9.17, 15) is 44.7 Å². The molecule has 1 aromatic carbocycles. The number of hydrogen-bond acceptors (Lipinski definition) is 9. The van der Waals surface area contributed by atoms with Gasteiger partial charge in [-0.25, -0.2) is 0 Å². The number of hydrogen-bond donors (Lipinski definition) is 7.